The number of furan rings is 1. The van der Waals surface area contributed by atoms with Gasteiger partial charge in [-0.3, -0.25) is 0 Å². The minimum Gasteiger partial charge on any atom is -0.484 e. The van der Waals surface area contributed by atoms with Crippen molar-refractivity contribution in [2.45, 2.75) is 12.0 Å². The third-order valence-corrected chi connectivity index (χ3v) is 13.4. The molecule has 0 N–H and O–H groups in total. The van der Waals surface area contributed by atoms with Gasteiger partial charge in [0.15, 0.2) is 0 Å². The van der Waals surface area contributed by atoms with Crippen LogP contribution in [0.5, 0.6) is 5.75 Å². The second-order valence-corrected chi connectivity index (χ2v) is 17.1. The summed E-state index contributed by atoms with van der Waals surface area (Å²) in [4.78, 5) is 2.35. The van der Waals surface area contributed by atoms with Crippen LogP contribution in [-0.4, -0.2) is 6.10 Å². The zero-order valence-corrected chi connectivity index (χ0v) is 35.4. The second-order valence-electron chi connectivity index (χ2n) is 17.1. The molecule has 2 heterocycles. The molecule has 0 saturated carbocycles. The fraction of sp³-hybridized carbons (Fsp3) is 0.0323. The van der Waals surface area contributed by atoms with Gasteiger partial charge in [-0.1, -0.05) is 188 Å². The first-order valence-corrected chi connectivity index (χ1v) is 22.4. The number of hydrogen-bond acceptors (Lipinski definition) is 3. The molecule has 3 nitrogen and oxygen atoms in total. The number of anilines is 3. The number of hydrogen-bond donors (Lipinski definition) is 0. The van der Waals surface area contributed by atoms with E-state index < -0.39 is 0 Å². The molecule has 0 saturated heterocycles. The maximum Gasteiger partial charge on any atom is 0.143 e. The van der Waals surface area contributed by atoms with Crippen LogP contribution in [0.15, 0.2) is 235 Å². The highest BCUT2D eigenvalue weighted by atomic mass is 16.5. The van der Waals surface area contributed by atoms with E-state index in [0.717, 1.165) is 67.0 Å². The van der Waals surface area contributed by atoms with Crippen LogP contribution in [-0.2, 0) is 0 Å². The summed E-state index contributed by atoms with van der Waals surface area (Å²) in [7, 11) is 0. The first kappa shape index (κ1) is 37.2. The van der Waals surface area contributed by atoms with E-state index in [1.165, 1.54) is 49.0 Å². The standard InChI is InChI=1S/C62H41NO2/c1-3-14-40(15-4-1)41-26-32-47(33-27-41)63(49-36-30-44(31-37-49)56-39-45-18-7-9-20-50(45)58-53-22-11-12-25-57(53)64-61(56)58)48-34-28-43(29-35-48)52-23-13-24-54-59-51-21-10-8-19-46(51)38-55(62(59)65-60(52)54)42-16-5-2-6-17-42/h1-39,56,61H. The molecule has 11 aromatic rings. The van der Waals surface area contributed by atoms with Crippen molar-refractivity contribution in [2.24, 2.45) is 0 Å². The summed E-state index contributed by atoms with van der Waals surface area (Å²) in [5.41, 5.74) is 15.5. The lowest BCUT2D eigenvalue weighted by molar-refractivity contribution is 0.263. The molecule has 1 aliphatic heterocycles. The Balaban J connectivity index is 0.904. The third-order valence-electron chi connectivity index (χ3n) is 13.4. The van der Waals surface area contributed by atoms with Gasteiger partial charge in [-0.25, -0.2) is 0 Å². The number of benzene rings is 10. The molecule has 2 aliphatic rings. The van der Waals surface area contributed by atoms with Crippen LogP contribution in [0.1, 0.15) is 17.0 Å². The monoisotopic (exact) mass is 831 g/mol. The normalized spacial score (nSPS) is 15.0. The van der Waals surface area contributed by atoms with Crippen molar-refractivity contribution in [3.05, 3.63) is 252 Å². The molecule has 2 unspecified atom stereocenters. The largest absolute Gasteiger partial charge is 0.484 e. The third kappa shape index (κ3) is 6.19. The van der Waals surface area contributed by atoms with E-state index in [-0.39, 0.29) is 12.0 Å². The first-order valence-electron chi connectivity index (χ1n) is 22.4. The summed E-state index contributed by atoms with van der Waals surface area (Å²) in [5, 5.41) is 7.16. The van der Waals surface area contributed by atoms with Crippen molar-refractivity contribution in [3.63, 3.8) is 0 Å². The highest BCUT2D eigenvalue weighted by molar-refractivity contribution is 6.24. The number of rotatable bonds is 7. The van der Waals surface area contributed by atoms with Gasteiger partial charge >= 0.3 is 0 Å². The van der Waals surface area contributed by atoms with Gasteiger partial charge in [0.1, 0.15) is 23.0 Å². The fourth-order valence-electron chi connectivity index (χ4n) is 10.4. The van der Waals surface area contributed by atoms with Crippen LogP contribution in [0.25, 0.3) is 77.7 Å². The van der Waals surface area contributed by atoms with E-state index in [1.54, 1.807) is 0 Å². The summed E-state index contributed by atoms with van der Waals surface area (Å²) in [6, 6.07) is 82.6. The van der Waals surface area contributed by atoms with E-state index >= 15 is 0 Å². The van der Waals surface area contributed by atoms with Crippen LogP contribution in [0.4, 0.5) is 17.1 Å². The predicted molar refractivity (Wildman–Crippen MR) is 268 cm³/mol. The highest BCUT2D eigenvalue weighted by Crippen LogP contribution is 2.46. The molecule has 10 aromatic carbocycles. The lowest BCUT2D eigenvalue weighted by Crippen LogP contribution is -2.38. The fourth-order valence-corrected chi connectivity index (χ4v) is 10.4. The van der Waals surface area contributed by atoms with Crippen molar-refractivity contribution in [1.82, 2.24) is 0 Å². The predicted octanol–water partition coefficient (Wildman–Crippen LogP) is 14.7. The number of fused-ring (bicyclic) bond motifs is 9. The summed E-state index contributed by atoms with van der Waals surface area (Å²) >= 11 is 0. The SMILES string of the molecule is C1=c2ccccc2=C2c3ccccc3OC2C1c1ccc(N(c2ccc(-c3ccccc3)cc2)c2ccc(-c3cccc4c3oc3c(-c5ccccc5)cc5ccccc5c34)cc2)cc1. The van der Waals surface area contributed by atoms with Crippen LogP contribution in [0, 0.1) is 0 Å². The minimum absolute atomic E-state index is 0.0574. The van der Waals surface area contributed by atoms with Crippen LogP contribution < -0.4 is 20.1 Å². The van der Waals surface area contributed by atoms with E-state index in [1.807, 2.05) is 0 Å². The average molecular weight is 832 g/mol. The van der Waals surface area contributed by atoms with Crippen LogP contribution in [0.2, 0.25) is 0 Å². The zero-order chi connectivity index (χ0) is 42.8. The lowest BCUT2D eigenvalue weighted by Gasteiger charge is -2.28. The van der Waals surface area contributed by atoms with E-state index in [9.17, 15) is 0 Å². The Morgan fingerprint density at radius 1 is 0.400 bits per heavy atom. The molecule has 0 amide bonds. The molecule has 306 valence electrons. The molecule has 3 heteroatoms. The van der Waals surface area contributed by atoms with Gasteiger partial charge in [-0.05, 0) is 97.6 Å². The molecule has 1 aliphatic carbocycles. The number of para-hydroxylation sites is 2. The molecule has 0 spiro atoms. The average Bonchev–Trinajstić information content (AvgIpc) is 3.98. The van der Waals surface area contributed by atoms with Crippen molar-refractivity contribution in [1.29, 1.82) is 0 Å². The van der Waals surface area contributed by atoms with Crippen molar-refractivity contribution in [2.75, 3.05) is 4.90 Å². The molecule has 0 bridgehead atoms. The van der Waals surface area contributed by atoms with Crippen LogP contribution in [0.3, 0.4) is 0 Å². The van der Waals surface area contributed by atoms with Crippen LogP contribution >= 0.6 is 0 Å². The Bertz CT molecular complexity index is 3720. The molecule has 13 rings (SSSR count). The summed E-state index contributed by atoms with van der Waals surface area (Å²) in [6.45, 7) is 0. The molecule has 0 fully saturated rings. The zero-order valence-electron chi connectivity index (χ0n) is 35.4. The van der Waals surface area contributed by atoms with Gasteiger partial charge in [0.05, 0.1) is 0 Å². The molecular weight excluding hydrogens is 791 g/mol. The Morgan fingerprint density at radius 3 is 1.74 bits per heavy atom. The topological polar surface area (TPSA) is 25.6 Å². The van der Waals surface area contributed by atoms with Gasteiger partial charge in [0, 0.05) is 56.0 Å². The Kier molecular flexibility index (Phi) is 8.67. The summed E-state index contributed by atoms with van der Waals surface area (Å²) < 4.78 is 13.7. The van der Waals surface area contributed by atoms with Crippen molar-refractivity contribution < 1.29 is 9.15 Å². The van der Waals surface area contributed by atoms with Gasteiger partial charge < -0.3 is 14.1 Å². The smallest absolute Gasteiger partial charge is 0.143 e. The van der Waals surface area contributed by atoms with E-state index in [2.05, 4.69) is 241 Å². The quantitative estimate of drug-likeness (QED) is 0.160. The van der Waals surface area contributed by atoms with Crippen molar-refractivity contribution >= 4 is 61.4 Å². The van der Waals surface area contributed by atoms with Gasteiger partial charge in [0.2, 0.25) is 0 Å². The van der Waals surface area contributed by atoms with Crippen molar-refractivity contribution in [3.8, 4) is 39.1 Å². The highest BCUT2D eigenvalue weighted by Gasteiger charge is 2.37. The molecular formula is C62H41NO2. The molecule has 1 aromatic heterocycles. The van der Waals surface area contributed by atoms with Gasteiger partial charge in [-0.15, -0.1) is 0 Å². The van der Waals surface area contributed by atoms with E-state index in [0.29, 0.717) is 0 Å². The second kappa shape index (κ2) is 15.1. The van der Waals surface area contributed by atoms with Gasteiger partial charge in [0.25, 0.3) is 0 Å². The Morgan fingerprint density at radius 2 is 0.969 bits per heavy atom. The minimum atomic E-state index is -0.0952. The summed E-state index contributed by atoms with van der Waals surface area (Å²) in [5.74, 6) is 1.01. The number of ether oxygens (including phenoxy) is 1. The Labute approximate surface area is 377 Å². The maximum atomic E-state index is 7.00. The first-order chi connectivity index (χ1) is 32.2. The van der Waals surface area contributed by atoms with E-state index in [4.69, 9.17) is 9.15 Å². The molecule has 65 heavy (non-hydrogen) atoms. The molecule has 2 atom stereocenters. The number of nitrogens with zero attached hydrogens (tertiary/aromatic N) is 1. The maximum absolute atomic E-state index is 7.00. The Hall–Kier alpha value is -8.40. The van der Waals surface area contributed by atoms with Gasteiger partial charge in [-0.2, -0.15) is 0 Å². The lowest BCUT2D eigenvalue weighted by atomic mass is 9.82. The molecule has 0 radical (unpaired) electrons. The summed E-state index contributed by atoms with van der Waals surface area (Å²) in [6.07, 6.45) is 2.29.